The maximum atomic E-state index is 12.4. The fraction of sp³-hybridized carbons (Fsp3) is 0.538. The predicted molar refractivity (Wildman–Crippen MR) is 80.6 cm³/mol. The highest BCUT2D eigenvalue weighted by Gasteiger charge is 2.27. The smallest absolute Gasteiger partial charge is 0.255 e. The summed E-state index contributed by atoms with van der Waals surface area (Å²) in [6.45, 7) is 5.93. The van der Waals surface area contributed by atoms with Gasteiger partial charge >= 0.3 is 0 Å². The SMILES string of the molecule is CC(C)C1CN(C(=O)c2cnc(N)c(Cl)c2)CCS1. The van der Waals surface area contributed by atoms with Crippen molar-refractivity contribution in [2.45, 2.75) is 19.1 Å². The van der Waals surface area contributed by atoms with Gasteiger partial charge in [-0.1, -0.05) is 25.4 Å². The number of carbonyl (C=O) groups excluding carboxylic acids is 1. The third-order valence-corrected chi connectivity index (χ3v) is 5.08. The van der Waals surface area contributed by atoms with E-state index in [-0.39, 0.29) is 11.7 Å². The van der Waals surface area contributed by atoms with E-state index in [9.17, 15) is 4.79 Å². The summed E-state index contributed by atoms with van der Waals surface area (Å²) >= 11 is 7.85. The number of halogens is 1. The quantitative estimate of drug-likeness (QED) is 0.911. The summed E-state index contributed by atoms with van der Waals surface area (Å²) in [5.74, 6) is 1.78. The number of pyridine rings is 1. The second-order valence-corrected chi connectivity index (χ2v) is 6.75. The lowest BCUT2D eigenvalue weighted by Gasteiger charge is -2.34. The van der Waals surface area contributed by atoms with Crippen LogP contribution in [0, 0.1) is 5.92 Å². The number of nitrogen functional groups attached to an aromatic ring is 1. The van der Waals surface area contributed by atoms with Crippen molar-refractivity contribution >= 4 is 35.1 Å². The summed E-state index contributed by atoms with van der Waals surface area (Å²) in [6, 6.07) is 1.60. The topological polar surface area (TPSA) is 59.2 Å². The first-order valence-corrected chi connectivity index (χ1v) is 7.73. The van der Waals surface area contributed by atoms with Gasteiger partial charge in [0.05, 0.1) is 10.6 Å². The maximum Gasteiger partial charge on any atom is 0.255 e. The van der Waals surface area contributed by atoms with Gasteiger partial charge in [-0.3, -0.25) is 4.79 Å². The van der Waals surface area contributed by atoms with Gasteiger partial charge in [0.1, 0.15) is 5.82 Å². The number of nitrogens with two attached hydrogens (primary N) is 1. The van der Waals surface area contributed by atoms with E-state index in [2.05, 4.69) is 18.8 Å². The van der Waals surface area contributed by atoms with Crippen LogP contribution in [-0.2, 0) is 0 Å². The van der Waals surface area contributed by atoms with Crippen LogP contribution in [0.4, 0.5) is 5.82 Å². The van der Waals surface area contributed by atoms with Crippen molar-refractivity contribution in [3.8, 4) is 0 Å². The summed E-state index contributed by atoms with van der Waals surface area (Å²) in [7, 11) is 0. The van der Waals surface area contributed by atoms with Crippen LogP contribution in [0.3, 0.4) is 0 Å². The van der Waals surface area contributed by atoms with Crippen molar-refractivity contribution in [2.24, 2.45) is 5.92 Å². The van der Waals surface area contributed by atoms with Crippen molar-refractivity contribution in [1.82, 2.24) is 9.88 Å². The van der Waals surface area contributed by atoms with Gasteiger partial charge < -0.3 is 10.6 Å². The molecule has 0 spiro atoms. The number of nitrogens with zero attached hydrogens (tertiary/aromatic N) is 2. The zero-order chi connectivity index (χ0) is 14.0. The standard InChI is InChI=1S/C13H18ClN3OS/c1-8(2)11-7-17(3-4-19-11)13(18)9-5-10(14)12(15)16-6-9/h5-6,8,11H,3-4,7H2,1-2H3,(H2,15,16). The fourth-order valence-corrected chi connectivity index (χ4v) is 3.48. The third-order valence-electron chi connectivity index (χ3n) is 3.24. The van der Waals surface area contributed by atoms with Crippen LogP contribution in [0.1, 0.15) is 24.2 Å². The van der Waals surface area contributed by atoms with Gasteiger partial charge in [-0.25, -0.2) is 4.98 Å². The molecule has 1 aliphatic rings. The normalized spacial score (nSPS) is 19.8. The number of hydrogen-bond donors (Lipinski definition) is 1. The van der Waals surface area contributed by atoms with Crippen LogP contribution in [-0.4, -0.2) is 39.9 Å². The Hall–Kier alpha value is -0.940. The van der Waals surface area contributed by atoms with E-state index in [4.69, 9.17) is 17.3 Å². The first kappa shape index (κ1) is 14.5. The van der Waals surface area contributed by atoms with Gasteiger partial charge in [0.2, 0.25) is 0 Å². The van der Waals surface area contributed by atoms with E-state index in [0.717, 1.165) is 18.8 Å². The van der Waals surface area contributed by atoms with Crippen molar-refractivity contribution < 1.29 is 4.79 Å². The second-order valence-electron chi connectivity index (χ2n) is 5.00. The van der Waals surface area contributed by atoms with Gasteiger partial charge in [-0.15, -0.1) is 0 Å². The van der Waals surface area contributed by atoms with E-state index in [1.165, 1.54) is 6.20 Å². The second kappa shape index (κ2) is 6.01. The minimum absolute atomic E-state index is 0.0136. The molecule has 2 N–H and O–H groups in total. The third kappa shape index (κ3) is 3.34. The Morgan fingerprint density at radius 3 is 3.00 bits per heavy atom. The molecule has 2 heterocycles. The van der Waals surface area contributed by atoms with Crippen molar-refractivity contribution in [1.29, 1.82) is 0 Å². The molecule has 1 amide bonds. The van der Waals surface area contributed by atoms with Crippen LogP contribution in [0.5, 0.6) is 0 Å². The summed E-state index contributed by atoms with van der Waals surface area (Å²) in [4.78, 5) is 18.2. The van der Waals surface area contributed by atoms with E-state index >= 15 is 0 Å². The molecular formula is C13H18ClN3OS. The lowest BCUT2D eigenvalue weighted by molar-refractivity contribution is 0.0755. The van der Waals surface area contributed by atoms with Gasteiger partial charge in [-0.2, -0.15) is 11.8 Å². The number of rotatable bonds is 2. The van der Waals surface area contributed by atoms with E-state index in [1.54, 1.807) is 6.07 Å². The Morgan fingerprint density at radius 1 is 1.63 bits per heavy atom. The highest BCUT2D eigenvalue weighted by atomic mass is 35.5. The first-order chi connectivity index (χ1) is 8.99. The minimum Gasteiger partial charge on any atom is -0.382 e. The highest BCUT2D eigenvalue weighted by molar-refractivity contribution is 8.00. The maximum absolute atomic E-state index is 12.4. The van der Waals surface area contributed by atoms with Gasteiger partial charge in [-0.05, 0) is 12.0 Å². The zero-order valence-corrected chi connectivity index (χ0v) is 12.7. The average molecular weight is 300 g/mol. The summed E-state index contributed by atoms with van der Waals surface area (Å²) in [6.07, 6.45) is 1.50. The van der Waals surface area contributed by atoms with E-state index in [1.807, 2.05) is 16.7 Å². The molecule has 6 heteroatoms. The summed E-state index contributed by atoms with van der Waals surface area (Å²) < 4.78 is 0. The van der Waals surface area contributed by atoms with Gasteiger partial charge in [0.25, 0.3) is 5.91 Å². The number of hydrogen-bond acceptors (Lipinski definition) is 4. The molecule has 0 radical (unpaired) electrons. The number of thioether (sulfide) groups is 1. The molecule has 0 aliphatic carbocycles. The number of anilines is 1. The molecule has 2 rings (SSSR count). The van der Waals surface area contributed by atoms with Crippen LogP contribution >= 0.6 is 23.4 Å². The molecule has 4 nitrogen and oxygen atoms in total. The van der Waals surface area contributed by atoms with Crippen LogP contribution in [0.2, 0.25) is 5.02 Å². The summed E-state index contributed by atoms with van der Waals surface area (Å²) in [5, 5.41) is 0.826. The molecule has 1 fully saturated rings. The number of aromatic nitrogens is 1. The van der Waals surface area contributed by atoms with Crippen LogP contribution < -0.4 is 5.73 Å². The highest BCUT2D eigenvalue weighted by Crippen LogP contribution is 2.26. The largest absolute Gasteiger partial charge is 0.382 e. The zero-order valence-electron chi connectivity index (χ0n) is 11.1. The molecule has 1 aromatic rings. The Morgan fingerprint density at radius 2 is 2.37 bits per heavy atom. The number of carbonyl (C=O) groups is 1. The van der Waals surface area contributed by atoms with Gasteiger partial charge in [0, 0.05) is 30.3 Å². The molecule has 1 atom stereocenters. The Kier molecular flexibility index (Phi) is 4.58. The molecule has 19 heavy (non-hydrogen) atoms. The lowest BCUT2D eigenvalue weighted by atomic mass is 10.1. The molecule has 0 bridgehead atoms. The van der Waals surface area contributed by atoms with Crippen LogP contribution in [0.15, 0.2) is 12.3 Å². The van der Waals surface area contributed by atoms with E-state index in [0.29, 0.717) is 21.8 Å². The van der Waals surface area contributed by atoms with Crippen molar-refractivity contribution in [2.75, 3.05) is 24.6 Å². The molecule has 1 saturated heterocycles. The fourth-order valence-electron chi connectivity index (χ4n) is 2.01. The lowest BCUT2D eigenvalue weighted by Crippen LogP contribution is -2.43. The monoisotopic (exact) mass is 299 g/mol. The minimum atomic E-state index is -0.0136. The molecular weight excluding hydrogens is 282 g/mol. The average Bonchev–Trinajstić information content (AvgIpc) is 2.41. The van der Waals surface area contributed by atoms with E-state index < -0.39 is 0 Å². The molecule has 0 aromatic carbocycles. The molecule has 0 saturated carbocycles. The number of amides is 1. The Labute approximate surface area is 122 Å². The molecule has 1 unspecified atom stereocenters. The first-order valence-electron chi connectivity index (χ1n) is 6.31. The van der Waals surface area contributed by atoms with Crippen molar-refractivity contribution in [3.05, 3.63) is 22.8 Å². The van der Waals surface area contributed by atoms with Gasteiger partial charge in [0.15, 0.2) is 0 Å². The van der Waals surface area contributed by atoms with Crippen LogP contribution in [0.25, 0.3) is 0 Å². The predicted octanol–water partition coefficient (Wildman–Crippen LogP) is 2.53. The Balaban J connectivity index is 2.12. The molecule has 1 aliphatic heterocycles. The molecule has 1 aromatic heterocycles. The summed E-state index contributed by atoms with van der Waals surface area (Å²) in [5.41, 5.74) is 6.07. The Bertz CT molecular complexity index is 481. The van der Waals surface area contributed by atoms with Crippen molar-refractivity contribution in [3.63, 3.8) is 0 Å². The molecule has 104 valence electrons.